The molecule has 0 bridgehead atoms. The highest BCUT2D eigenvalue weighted by atomic mass is 32.2. The second-order valence-electron chi connectivity index (χ2n) is 6.77. The van der Waals surface area contributed by atoms with Gasteiger partial charge in [-0.3, -0.25) is 4.79 Å². The quantitative estimate of drug-likeness (QED) is 0.567. The van der Waals surface area contributed by atoms with Gasteiger partial charge in [0.05, 0.1) is 22.2 Å². The lowest BCUT2D eigenvalue weighted by Crippen LogP contribution is -2.51. The van der Waals surface area contributed by atoms with Crippen molar-refractivity contribution in [3.05, 3.63) is 47.5 Å². The second-order valence-corrected chi connectivity index (χ2v) is 8.08. The van der Waals surface area contributed by atoms with Crippen molar-refractivity contribution in [2.75, 3.05) is 13.1 Å². The Morgan fingerprint density at radius 2 is 1.88 bits per heavy atom. The van der Waals surface area contributed by atoms with Gasteiger partial charge in [0.2, 0.25) is 5.91 Å². The number of hydrogen-bond acceptors (Lipinski definition) is 5. The molecule has 3 heterocycles. The van der Waals surface area contributed by atoms with E-state index in [-0.39, 0.29) is 17.1 Å². The fraction of sp³-hybridized carbons (Fsp3) is 0.368. The van der Waals surface area contributed by atoms with Crippen LogP contribution >= 0.6 is 11.8 Å². The minimum Gasteiger partial charge on any atom is -0.342 e. The van der Waals surface area contributed by atoms with Gasteiger partial charge in [-0.05, 0) is 39.0 Å². The lowest BCUT2D eigenvalue weighted by molar-refractivity contribution is -0.134. The van der Waals surface area contributed by atoms with E-state index in [1.165, 1.54) is 11.8 Å². The molecule has 0 radical (unpaired) electrons. The third kappa shape index (κ3) is 3.31. The Morgan fingerprint density at radius 1 is 1.19 bits per heavy atom. The predicted octanol–water partition coefficient (Wildman–Crippen LogP) is 3.08. The molecule has 0 saturated carbocycles. The third-order valence-electron chi connectivity index (χ3n) is 4.58. The molecule has 26 heavy (non-hydrogen) atoms. The first-order chi connectivity index (χ1) is 12.5. The molecule has 2 aromatic heterocycles. The number of thioether (sulfide) groups is 1. The number of likely N-dealkylation sites (tertiary alicyclic amines) is 1. The van der Waals surface area contributed by atoms with Gasteiger partial charge in [0.15, 0.2) is 5.16 Å². The lowest BCUT2D eigenvalue weighted by atomic mass is 9.99. The summed E-state index contributed by atoms with van der Waals surface area (Å²) < 4.78 is 0. The molecule has 1 amide bonds. The molecule has 1 N–H and O–H groups in total. The molecule has 1 aliphatic rings. The summed E-state index contributed by atoms with van der Waals surface area (Å²) in [5, 5.41) is 0.463. The van der Waals surface area contributed by atoms with Gasteiger partial charge in [0, 0.05) is 24.5 Å². The number of benzene rings is 1. The molecule has 0 aliphatic carbocycles. The largest absolute Gasteiger partial charge is 0.342 e. The fourth-order valence-electron chi connectivity index (χ4n) is 3.21. The van der Waals surface area contributed by atoms with E-state index >= 15 is 0 Å². The Bertz CT molecular complexity index is 910. The number of amides is 1. The Balaban J connectivity index is 1.37. The Kier molecular flexibility index (Phi) is 4.40. The van der Waals surface area contributed by atoms with Crippen LogP contribution in [0.25, 0.3) is 11.0 Å². The van der Waals surface area contributed by atoms with Gasteiger partial charge in [-0.1, -0.05) is 23.9 Å². The van der Waals surface area contributed by atoms with E-state index in [9.17, 15) is 4.79 Å². The molecule has 1 aliphatic heterocycles. The van der Waals surface area contributed by atoms with E-state index in [2.05, 4.69) is 19.9 Å². The summed E-state index contributed by atoms with van der Waals surface area (Å²) in [5.74, 6) is 1.37. The normalized spacial score (nSPS) is 15.9. The summed E-state index contributed by atoms with van der Waals surface area (Å²) in [4.78, 5) is 31.4. The van der Waals surface area contributed by atoms with Gasteiger partial charge in [-0.15, -0.1) is 0 Å². The SMILES string of the molecule is Cc1cc(C)nc(S[C@H](C)C(=O)N2CC(c3nc4ccccc4[nH]3)C2)n1. The van der Waals surface area contributed by atoms with E-state index in [0.717, 1.165) is 28.2 Å². The summed E-state index contributed by atoms with van der Waals surface area (Å²) in [6.07, 6.45) is 0. The van der Waals surface area contributed by atoms with Gasteiger partial charge in [0.1, 0.15) is 5.82 Å². The van der Waals surface area contributed by atoms with Gasteiger partial charge >= 0.3 is 0 Å². The number of para-hydroxylation sites is 2. The van der Waals surface area contributed by atoms with Crippen LogP contribution in [0.4, 0.5) is 0 Å². The van der Waals surface area contributed by atoms with Crippen LogP contribution in [-0.4, -0.2) is 49.1 Å². The summed E-state index contributed by atoms with van der Waals surface area (Å²) in [6, 6.07) is 9.94. The standard InChI is InChI=1S/C19H21N5OS/c1-11-8-12(2)21-19(20-11)26-13(3)18(25)24-9-14(10-24)17-22-15-6-4-5-7-16(15)23-17/h4-8,13-14H,9-10H2,1-3H3,(H,22,23)/t13-/m1/s1. The van der Waals surface area contributed by atoms with Gasteiger partial charge in [-0.25, -0.2) is 15.0 Å². The number of carbonyl (C=O) groups excluding carboxylic acids is 1. The van der Waals surface area contributed by atoms with Crippen LogP contribution in [-0.2, 0) is 4.79 Å². The number of nitrogens with one attached hydrogen (secondary N) is 1. The zero-order valence-corrected chi connectivity index (χ0v) is 15.9. The molecule has 4 rings (SSSR count). The number of carbonyl (C=O) groups is 1. The molecule has 7 heteroatoms. The minimum atomic E-state index is -0.201. The van der Waals surface area contributed by atoms with Crippen molar-refractivity contribution in [3.63, 3.8) is 0 Å². The molecule has 1 fully saturated rings. The summed E-state index contributed by atoms with van der Waals surface area (Å²) in [6.45, 7) is 7.22. The number of fused-ring (bicyclic) bond motifs is 1. The average Bonchev–Trinajstić information content (AvgIpc) is 2.95. The average molecular weight is 367 g/mol. The maximum Gasteiger partial charge on any atom is 0.235 e. The number of hydrogen-bond donors (Lipinski definition) is 1. The topological polar surface area (TPSA) is 74.8 Å². The number of rotatable bonds is 4. The Labute approximate surface area is 156 Å². The zero-order chi connectivity index (χ0) is 18.3. The van der Waals surface area contributed by atoms with Crippen molar-refractivity contribution in [1.82, 2.24) is 24.8 Å². The van der Waals surface area contributed by atoms with Crippen molar-refractivity contribution in [3.8, 4) is 0 Å². The number of imidazole rings is 1. The molecular weight excluding hydrogens is 346 g/mol. The number of aromatic amines is 1. The third-order valence-corrected chi connectivity index (χ3v) is 5.53. The van der Waals surface area contributed by atoms with Gasteiger partial charge in [0.25, 0.3) is 0 Å². The molecule has 1 aromatic carbocycles. The van der Waals surface area contributed by atoms with Crippen LogP contribution in [0.15, 0.2) is 35.5 Å². The highest BCUT2D eigenvalue weighted by Gasteiger charge is 2.36. The molecule has 1 saturated heterocycles. The first kappa shape index (κ1) is 17.0. The minimum absolute atomic E-state index is 0.130. The maximum absolute atomic E-state index is 12.7. The van der Waals surface area contributed by atoms with E-state index in [1.807, 2.05) is 56.0 Å². The molecule has 6 nitrogen and oxygen atoms in total. The molecule has 0 unspecified atom stereocenters. The maximum atomic E-state index is 12.7. The van der Waals surface area contributed by atoms with E-state index < -0.39 is 0 Å². The van der Waals surface area contributed by atoms with Crippen LogP contribution in [0.3, 0.4) is 0 Å². The smallest absolute Gasteiger partial charge is 0.235 e. The number of H-pyrrole nitrogens is 1. The van der Waals surface area contributed by atoms with E-state index in [4.69, 9.17) is 0 Å². The zero-order valence-electron chi connectivity index (χ0n) is 15.1. The number of aromatic nitrogens is 4. The predicted molar refractivity (Wildman–Crippen MR) is 102 cm³/mol. The summed E-state index contributed by atoms with van der Waals surface area (Å²) in [7, 11) is 0. The molecule has 3 aromatic rings. The van der Waals surface area contributed by atoms with Crippen molar-refractivity contribution in [2.24, 2.45) is 0 Å². The van der Waals surface area contributed by atoms with Gasteiger partial charge in [-0.2, -0.15) is 0 Å². The molecule has 0 spiro atoms. The van der Waals surface area contributed by atoms with Crippen LogP contribution in [0, 0.1) is 13.8 Å². The van der Waals surface area contributed by atoms with Crippen LogP contribution in [0.1, 0.15) is 30.1 Å². The monoisotopic (exact) mass is 367 g/mol. The summed E-state index contributed by atoms with van der Waals surface area (Å²) in [5.41, 5.74) is 3.87. The molecule has 134 valence electrons. The van der Waals surface area contributed by atoms with Crippen molar-refractivity contribution >= 4 is 28.7 Å². The number of nitrogens with zero attached hydrogens (tertiary/aromatic N) is 4. The van der Waals surface area contributed by atoms with Crippen molar-refractivity contribution in [1.29, 1.82) is 0 Å². The van der Waals surface area contributed by atoms with E-state index in [1.54, 1.807) is 0 Å². The first-order valence-electron chi connectivity index (χ1n) is 8.72. The van der Waals surface area contributed by atoms with Crippen LogP contribution < -0.4 is 0 Å². The molecular formula is C19H21N5OS. The van der Waals surface area contributed by atoms with Crippen LogP contribution in [0.5, 0.6) is 0 Å². The van der Waals surface area contributed by atoms with Gasteiger partial charge < -0.3 is 9.88 Å². The molecule has 1 atom stereocenters. The second kappa shape index (κ2) is 6.72. The summed E-state index contributed by atoms with van der Waals surface area (Å²) >= 11 is 1.42. The van der Waals surface area contributed by atoms with Crippen LogP contribution in [0.2, 0.25) is 0 Å². The Hall–Kier alpha value is -2.41. The first-order valence-corrected chi connectivity index (χ1v) is 9.60. The number of aryl methyl sites for hydroxylation is 2. The van der Waals surface area contributed by atoms with Crippen molar-refractivity contribution in [2.45, 2.75) is 37.1 Å². The fourth-order valence-corrected chi connectivity index (χ4v) is 4.17. The van der Waals surface area contributed by atoms with E-state index in [0.29, 0.717) is 18.2 Å². The lowest BCUT2D eigenvalue weighted by Gasteiger charge is -2.39. The highest BCUT2D eigenvalue weighted by Crippen LogP contribution is 2.30. The van der Waals surface area contributed by atoms with Crippen molar-refractivity contribution < 1.29 is 4.79 Å². The highest BCUT2D eigenvalue weighted by molar-refractivity contribution is 8.00. The Morgan fingerprint density at radius 3 is 2.58 bits per heavy atom.